The highest BCUT2D eigenvalue weighted by atomic mass is 79.9. The Bertz CT molecular complexity index is 1160. The summed E-state index contributed by atoms with van der Waals surface area (Å²) in [5.74, 6) is 1.12. The molecular formula is C25H27BrN2O4S2. The number of amides is 1. The van der Waals surface area contributed by atoms with Crippen molar-refractivity contribution in [3.05, 3.63) is 83.3 Å². The lowest BCUT2D eigenvalue weighted by atomic mass is 10.3. The Balaban J connectivity index is 1.67. The normalized spacial score (nSPS) is 11.1. The summed E-state index contributed by atoms with van der Waals surface area (Å²) in [5.41, 5.74) is 0.390. The number of hydrogen-bond donors (Lipinski definition) is 1. The zero-order valence-corrected chi connectivity index (χ0v) is 22.0. The first-order valence-corrected chi connectivity index (χ1v) is 14.1. The van der Waals surface area contributed by atoms with E-state index in [-0.39, 0.29) is 17.3 Å². The summed E-state index contributed by atoms with van der Waals surface area (Å²) in [6.45, 7) is 2.53. The number of ether oxygens (including phenoxy) is 1. The van der Waals surface area contributed by atoms with Crippen LogP contribution in [0.4, 0.5) is 5.69 Å². The molecule has 34 heavy (non-hydrogen) atoms. The molecule has 9 heteroatoms. The molecule has 0 saturated heterocycles. The number of thioether (sulfide) groups is 1. The van der Waals surface area contributed by atoms with Crippen LogP contribution in [0.2, 0.25) is 0 Å². The van der Waals surface area contributed by atoms with Gasteiger partial charge in [-0.1, -0.05) is 34.1 Å². The van der Waals surface area contributed by atoms with Crippen LogP contribution in [0, 0.1) is 0 Å². The molecule has 3 rings (SSSR count). The van der Waals surface area contributed by atoms with E-state index in [9.17, 15) is 13.2 Å². The Morgan fingerprint density at radius 1 is 1.00 bits per heavy atom. The number of sulfonamides is 1. The summed E-state index contributed by atoms with van der Waals surface area (Å²) in [6.07, 6.45) is 0.772. The average molecular weight is 564 g/mol. The van der Waals surface area contributed by atoms with Gasteiger partial charge in [0, 0.05) is 15.9 Å². The number of carbonyl (C=O) groups excluding carboxylic acids is 1. The highest BCUT2D eigenvalue weighted by molar-refractivity contribution is 9.10. The fourth-order valence-corrected chi connectivity index (χ4v) is 5.68. The third-order valence-corrected chi connectivity index (χ3v) is 8.19. The molecule has 0 heterocycles. The van der Waals surface area contributed by atoms with Gasteiger partial charge in [-0.2, -0.15) is 0 Å². The van der Waals surface area contributed by atoms with E-state index in [0.29, 0.717) is 24.6 Å². The smallest absolute Gasteiger partial charge is 0.264 e. The predicted octanol–water partition coefficient (Wildman–Crippen LogP) is 5.34. The fourth-order valence-electron chi connectivity index (χ4n) is 3.12. The number of hydrogen-bond acceptors (Lipinski definition) is 5. The van der Waals surface area contributed by atoms with E-state index in [0.717, 1.165) is 21.0 Å². The Morgan fingerprint density at radius 2 is 1.68 bits per heavy atom. The predicted molar refractivity (Wildman–Crippen MR) is 141 cm³/mol. The Morgan fingerprint density at radius 3 is 2.32 bits per heavy atom. The number of anilines is 1. The van der Waals surface area contributed by atoms with Crippen LogP contribution >= 0.6 is 27.7 Å². The summed E-state index contributed by atoms with van der Waals surface area (Å²) in [7, 11) is -3.96. The lowest BCUT2D eigenvalue weighted by molar-refractivity contribution is -0.119. The molecule has 0 aliphatic heterocycles. The Hall–Kier alpha value is -2.49. The summed E-state index contributed by atoms with van der Waals surface area (Å²) in [6, 6.07) is 23.1. The number of halogens is 1. The minimum Gasteiger partial charge on any atom is -0.494 e. The fraction of sp³-hybridized carbons (Fsp3) is 0.240. The third-order valence-electron chi connectivity index (χ3n) is 4.78. The van der Waals surface area contributed by atoms with Gasteiger partial charge in [-0.3, -0.25) is 9.10 Å². The first kappa shape index (κ1) is 26.1. The van der Waals surface area contributed by atoms with Crippen molar-refractivity contribution in [3.63, 3.8) is 0 Å². The van der Waals surface area contributed by atoms with Gasteiger partial charge in [-0.15, -0.1) is 11.8 Å². The lowest BCUT2D eigenvalue weighted by Crippen LogP contribution is -2.41. The van der Waals surface area contributed by atoms with Crippen molar-refractivity contribution in [1.29, 1.82) is 0 Å². The molecule has 0 bridgehead atoms. The van der Waals surface area contributed by atoms with Gasteiger partial charge in [-0.25, -0.2) is 8.42 Å². The van der Waals surface area contributed by atoms with Crippen LogP contribution in [0.15, 0.2) is 93.1 Å². The minimum atomic E-state index is -3.96. The first-order valence-electron chi connectivity index (χ1n) is 10.9. The van der Waals surface area contributed by atoms with Crippen LogP contribution in [0.25, 0.3) is 0 Å². The maximum atomic E-state index is 13.4. The number of benzene rings is 3. The van der Waals surface area contributed by atoms with E-state index in [2.05, 4.69) is 21.2 Å². The summed E-state index contributed by atoms with van der Waals surface area (Å²) in [4.78, 5) is 14.0. The standard InChI is InChI=1S/C25H27BrN2O4S2/c1-2-32-22-13-11-21(12-14-22)28(34(30,31)24-15-9-20(26)10-16-24)19-25(29)27-17-6-18-33-23-7-4-3-5-8-23/h3-5,7-16H,2,6,17-19H2,1H3,(H,27,29). The van der Waals surface area contributed by atoms with Crippen LogP contribution in [0.3, 0.4) is 0 Å². The van der Waals surface area contributed by atoms with Crippen molar-refractivity contribution in [2.24, 2.45) is 0 Å². The second kappa shape index (κ2) is 12.8. The molecule has 1 N–H and O–H groups in total. The molecule has 0 aliphatic carbocycles. The maximum Gasteiger partial charge on any atom is 0.264 e. The van der Waals surface area contributed by atoms with Gasteiger partial charge in [0.2, 0.25) is 5.91 Å². The van der Waals surface area contributed by atoms with Crippen LogP contribution < -0.4 is 14.4 Å². The zero-order valence-electron chi connectivity index (χ0n) is 18.8. The number of nitrogens with one attached hydrogen (secondary N) is 1. The topological polar surface area (TPSA) is 75.7 Å². The summed E-state index contributed by atoms with van der Waals surface area (Å²) >= 11 is 5.04. The second-order valence-corrected chi connectivity index (χ2v) is 11.2. The minimum absolute atomic E-state index is 0.108. The van der Waals surface area contributed by atoms with E-state index in [4.69, 9.17) is 4.74 Å². The monoisotopic (exact) mass is 562 g/mol. The van der Waals surface area contributed by atoms with Gasteiger partial charge in [-0.05, 0) is 79.8 Å². The molecule has 180 valence electrons. The molecule has 0 saturated carbocycles. The first-order chi connectivity index (χ1) is 16.4. The third kappa shape index (κ3) is 7.51. The van der Waals surface area contributed by atoms with Gasteiger partial charge in [0.15, 0.2) is 0 Å². The zero-order chi connectivity index (χ0) is 24.4. The van der Waals surface area contributed by atoms with Crippen LogP contribution in [-0.4, -0.2) is 39.8 Å². The Labute approximate surface area is 213 Å². The molecule has 0 fully saturated rings. The van der Waals surface area contributed by atoms with Gasteiger partial charge in [0.25, 0.3) is 10.0 Å². The van der Waals surface area contributed by atoms with E-state index in [1.54, 1.807) is 48.2 Å². The molecule has 0 aromatic heterocycles. The van der Waals surface area contributed by atoms with Crippen LogP contribution in [-0.2, 0) is 14.8 Å². The van der Waals surface area contributed by atoms with Crippen molar-refractivity contribution in [2.45, 2.75) is 23.1 Å². The summed E-state index contributed by atoms with van der Waals surface area (Å²) in [5, 5.41) is 2.84. The van der Waals surface area contributed by atoms with E-state index in [1.807, 2.05) is 37.3 Å². The van der Waals surface area contributed by atoms with Crippen molar-refractivity contribution in [2.75, 3.05) is 29.8 Å². The molecule has 0 radical (unpaired) electrons. The van der Waals surface area contributed by atoms with E-state index in [1.165, 1.54) is 17.0 Å². The van der Waals surface area contributed by atoms with Crippen molar-refractivity contribution in [3.8, 4) is 5.75 Å². The van der Waals surface area contributed by atoms with E-state index < -0.39 is 10.0 Å². The molecule has 3 aromatic carbocycles. The van der Waals surface area contributed by atoms with Gasteiger partial charge in [0.05, 0.1) is 17.2 Å². The molecule has 0 unspecified atom stereocenters. The largest absolute Gasteiger partial charge is 0.494 e. The second-order valence-electron chi connectivity index (χ2n) is 7.26. The quantitative estimate of drug-likeness (QED) is 0.238. The molecule has 3 aromatic rings. The number of nitrogens with zero attached hydrogens (tertiary/aromatic N) is 1. The van der Waals surface area contributed by atoms with Crippen LogP contribution in [0.1, 0.15) is 13.3 Å². The number of carbonyl (C=O) groups is 1. The molecule has 6 nitrogen and oxygen atoms in total. The lowest BCUT2D eigenvalue weighted by Gasteiger charge is -2.24. The molecule has 0 atom stereocenters. The van der Waals surface area contributed by atoms with E-state index >= 15 is 0 Å². The van der Waals surface area contributed by atoms with Crippen molar-refractivity contribution in [1.82, 2.24) is 5.32 Å². The van der Waals surface area contributed by atoms with Gasteiger partial charge < -0.3 is 10.1 Å². The van der Waals surface area contributed by atoms with Gasteiger partial charge >= 0.3 is 0 Å². The molecular weight excluding hydrogens is 536 g/mol. The van der Waals surface area contributed by atoms with Gasteiger partial charge in [0.1, 0.15) is 12.3 Å². The highest BCUT2D eigenvalue weighted by Gasteiger charge is 2.27. The van der Waals surface area contributed by atoms with Crippen molar-refractivity contribution < 1.29 is 17.9 Å². The molecule has 1 amide bonds. The SMILES string of the molecule is CCOc1ccc(N(CC(=O)NCCCSc2ccccc2)S(=O)(=O)c2ccc(Br)cc2)cc1. The summed E-state index contributed by atoms with van der Waals surface area (Å²) < 4.78 is 34.2. The molecule has 0 aliphatic rings. The highest BCUT2D eigenvalue weighted by Crippen LogP contribution is 2.26. The Kier molecular flexibility index (Phi) is 9.86. The maximum absolute atomic E-state index is 13.4. The van der Waals surface area contributed by atoms with Crippen LogP contribution in [0.5, 0.6) is 5.75 Å². The number of rotatable bonds is 12. The van der Waals surface area contributed by atoms with Crippen molar-refractivity contribution >= 4 is 49.3 Å². The molecule has 0 spiro atoms. The average Bonchev–Trinajstić information content (AvgIpc) is 2.84.